The fourth-order valence-electron chi connectivity index (χ4n) is 2.23. The Balaban J connectivity index is 2.16. The largest absolute Gasteiger partial charge is 0.379 e. The van der Waals surface area contributed by atoms with E-state index in [-0.39, 0.29) is 23.0 Å². The minimum Gasteiger partial charge on any atom is -0.379 e. The zero-order valence-corrected chi connectivity index (χ0v) is 10.7. The summed E-state index contributed by atoms with van der Waals surface area (Å²) in [5.41, 5.74) is -0.0653. The Morgan fingerprint density at radius 1 is 1.56 bits per heavy atom. The number of nitro groups is 1. The van der Waals surface area contributed by atoms with E-state index in [0.717, 1.165) is 19.3 Å². The summed E-state index contributed by atoms with van der Waals surface area (Å²) < 4.78 is 5.35. The second-order valence-corrected chi connectivity index (χ2v) is 4.63. The normalized spacial score (nSPS) is 23.0. The molecule has 1 aliphatic rings. The minimum atomic E-state index is -0.485. The van der Waals surface area contributed by atoms with Gasteiger partial charge in [0.2, 0.25) is 0 Å². The maximum Gasteiger partial charge on any atom is 0.276 e. The van der Waals surface area contributed by atoms with E-state index in [9.17, 15) is 10.1 Å². The molecule has 1 fully saturated rings. The Bertz CT molecular complexity index is 455. The van der Waals surface area contributed by atoms with Gasteiger partial charge in [0.15, 0.2) is 0 Å². The van der Waals surface area contributed by atoms with Gasteiger partial charge < -0.3 is 10.1 Å². The van der Waals surface area contributed by atoms with Gasteiger partial charge in [-0.3, -0.25) is 10.1 Å². The number of halogens is 1. The van der Waals surface area contributed by atoms with Gasteiger partial charge in [0, 0.05) is 7.11 Å². The molecule has 2 unspecified atom stereocenters. The van der Waals surface area contributed by atoms with Gasteiger partial charge in [-0.1, -0.05) is 11.6 Å². The number of pyridine rings is 1. The van der Waals surface area contributed by atoms with Crippen molar-refractivity contribution in [3.8, 4) is 0 Å². The predicted molar refractivity (Wildman–Crippen MR) is 68.0 cm³/mol. The Morgan fingerprint density at radius 3 is 3.00 bits per heavy atom. The molecule has 98 valence electrons. The van der Waals surface area contributed by atoms with Crippen LogP contribution in [0.1, 0.15) is 19.3 Å². The van der Waals surface area contributed by atoms with Crippen molar-refractivity contribution in [1.29, 1.82) is 0 Å². The smallest absolute Gasteiger partial charge is 0.276 e. The standard InChI is InChI=1S/C11H14ClN3O3/c1-18-9-4-2-3-8(9)13-11-6-7(15(16)17)5-10(12)14-11/h5-6,8-9H,2-4H2,1H3,(H,13,14). The van der Waals surface area contributed by atoms with Crippen LogP contribution in [-0.4, -0.2) is 29.2 Å². The molecule has 1 aromatic rings. The second kappa shape index (κ2) is 5.49. The zero-order valence-electron chi connectivity index (χ0n) is 9.93. The van der Waals surface area contributed by atoms with E-state index >= 15 is 0 Å². The van der Waals surface area contributed by atoms with Crippen LogP contribution in [0.2, 0.25) is 5.15 Å². The van der Waals surface area contributed by atoms with E-state index in [1.807, 2.05) is 0 Å². The molecule has 6 nitrogen and oxygen atoms in total. The third-order valence-electron chi connectivity index (χ3n) is 3.08. The summed E-state index contributed by atoms with van der Waals surface area (Å²) in [5, 5.41) is 14.0. The van der Waals surface area contributed by atoms with Gasteiger partial charge in [0.1, 0.15) is 11.0 Å². The molecule has 1 aliphatic carbocycles. The Labute approximate surface area is 109 Å². The van der Waals surface area contributed by atoms with Crippen LogP contribution in [0.3, 0.4) is 0 Å². The first-order valence-corrected chi connectivity index (χ1v) is 6.09. The molecule has 1 aromatic heterocycles. The average Bonchev–Trinajstić information content (AvgIpc) is 2.75. The Morgan fingerprint density at radius 2 is 2.33 bits per heavy atom. The van der Waals surface area contributed by atoms with Crippen molar-refractivity contribution in [3.05, 3.63) is 27.4 Å². The lowest BCUT2D eigenvalue weighted by Crippen LogP contribution is -2.30. The molecule has 0 aromatic carbocycles. The molecule has 1 saturated carbocycles. The summed E-state index contributed by atoms with van der Waals surface area (Å²) in [6.07, 6.45) is 3.13. The van der Waals surface area contributed by atoms with E-state index in [1.165, 1.54) is 12.1 Å². The van der Waals surface area contributed by atoms with Crippen molar-refractivity contribution in [2.45, 2.75) is 31.4 Å². The van der Waals surface area contributed by atoms with Gasteiger partial charge in [-0.05, 0) is 19.3 Å². The molecule has 1 N–H and O–H groups in total. The van der Waals surface area contributed by atoms with Gasteiger partial charge in [0.05, 0.1) is 29.2 Å². The number of nitrogens with zero attached hydrogens (tertiary/aromatic N) is 2. The van der Waals surface area contributed by atoms with Gasteiger partial charge in [0.25, 0.3) is 5.69 Å². The highest BCUT2D eigenvalue weighted by Gasteiger charge is 2.27. The van der Waals surface area contributed by atoms with E-state index in [0.29, 0.717) is 5.82 Å². The molecule has 18 heavy (non-hydrogen) atoms. The summed E-state index contributed by atoms with van der Waals surface area (Å²) in [6, 6.07) is 2.74. The molecule has 2 rings (SSSR count). The molecule has 0 radical (unpaired) electrons. The highest BCUT2D eigenvalue weighted by atomic mass is 35.5. The van der Waals surface area contributed by atoms with Crippen molar-refractivity contribution >= 4 is 23.1 Å². The molecular weight excluding hydrogens is 258 g/mol. The van der Waals surface area contributed by atoms with Crippen LogP contribution in [0.25, 0.3) is 0 Å². The number of aromatic nitrogens is 1. The van der Waals surface area contributed by atoms with Crippen molar-refractivity contribution < 1.29 is 9.66 Å². The number of ether oxygens (including phenoxy) is 1. The van der Waals surface area contributed by atoms with Crippen LogP contribution in [0.4, 0.5) is 11.5 Å². The molecule has 7 heteroatoms. The fraction of sp³-hybridized carbons (Fsp3) is 0.545. The molecular formula is C11H14ClN3O3. The van der Waals surface area contributed by atoms with E-state index in [4.69, 9.17) is 16.3 Å². The maximum atomic E-state index is 10.7. The average molecular weight is 272 g/mol. The first kappa shape index (κ1) is 13.0. The van der Waals surface area contributed by atoms with Crippen LogP contribution >= 0.6 is 11.6 Å². The lowest BCUT2D eigenvalue weighted by atomic mass is 10.2. The van der Waals surface area contributed by atoms with Crippen LogP contribution in [0.5, 0.6) is 0 Å². The molecule has 0 amide bonds. The number of methoxy groups -OCH3 is 1. The molecule has 2 atom stereocenters. The quantitative estimate of drug-likeness (QED) is 0.517. The number of anilines is 1. The van der Waals surface area contributed by atoms with Gasteiger partial charge in [-0.15, -0.1) is 0 Å². The monoisotopic (exact) mass is 271 g/mol. The Hall–Kier alpha value is -1.40. The number of hydrogen-bond donors (Lipinski definition) is 1. The summed E-state index contributed by atoms with van der Waals surface area (Å²) in [4.78, 5) is 14.3. The molecule has 0 aliphatic heterocycles. The van der Waals surface area contributed by atoms with Crippen molar-refractivity contribution in [3.63, 3.8) is 0 Å². The third kappa shape index (κ3) is 2.88. The lowest BCUT2D eigenvalue weighted by Gasteiger charge is -2.20. The lowest BCUT2D eigenvalue weighted by molar-refractivity contribution is -0.384. The van der Waals surface area contributed by atoms with Gasteiger partial charge >= 0.3 is 0 Å². The van der Waals surface area contributed by atoms with E-state index in [1.54, 1.807) is 7.11 Å². The minimum absolute atomic E-state index is 0.0653. The number of hydrogen-bond acceptors (Lipinski definition) is 5. The number of nitrogens with one attached hydrogen (secondary N) is 1. The summed E-state index contributed by atoms with van der Waals surface area (Å²) >= 11 is 5.76. The van der Waals surface area contributed by atoms with Crippen molar-refractivity contribution in [2.24, 2.45) is 0 Å². The van der Waals surface area contributed by atoms with Crippen molar-refractivity contribution in [1.82, 2.24) is 4.98 Å². The topological polar surface area (TPSA) is 77.3 Å². The molecule has 0 spiro atoms. The zero-order chi connectivity index (χ0) is 13.1. The highest BCUT2D eigenvalue weighted by molar-refractivity contribution is 6.29. The van der Waals surface area contributed by atoms with Crippen molar-refractivity contribution in [2.75, 3.05) is 12.4 Å². The fourth-order valence-corrected chi connectivity index (χ4v) is 2.43. The van der Waals surface area contributed by atoms with Gasteiger partial charge in [-0.2, -0.15) is 0 Å². The maximum absolute atomic E-state index is 10.7. The summed E-state index contributed by atoms with van der Waals surface area (Å²) in [6.45, 7) is 0. The van der Waals surface area contributed by atoms with E-state index in [2.05, 4.69) is 10.3 Å². The van der Waals surface area contributed by atoms with Crippen LogP contribution in [-0.2, 0) is 4.74 Å². The summed E-state index contributed by atoms with van der Waals surface area (Å²) in [5.74, 6) is 0.420. The van der Waals surface area contributed by atoms with Crippen LogP contribution < -0.4 is 5.32 Å². The first-order valence-electron chi connectivity index (χ1n) is 5.71. The molecule has 0 saturated heterocycles. The van der Waals surface area contributed by atoms with Crippen LogP contribution in [0.15, 0.2) is 12.1 Å². The number of rotatable bonds is 4. The first-order chi connectivity index (χ1) is 8.60. The SMILES string of the molecule is COC1CCCC1Nc1cc([N+](=O)[O-])cc(Cl)n1. The predicted octanol–water partition coefficient (Wildman–Crippen LogP) is 2.62. The Kier molecular flexibility index (Phi) is 3.98. The summed E-state index contributed by atoms with van der Waals surface area (Å²) in [7, 11) is 1.67. The van der Waals surface area contributed by atoms with Gasteiger partial charge in [-0.25, -0.2) is 4.98 Å². The van der Waals surface area contributed by atoms with E-state index < -0.39 is 4.92 Å². The third-order valence-corrected chi connectivity index (χ3v) is 3.27. The van der Waals surface area contributed by atoms with Crippen LogP contribution in [0, 0.1) is 10.1 Å². The molecule has 1 heterocycles. The highest BCUT2D eigenvalue weighted by Crippen LogP contribution is 2.27. The molecule has 0 bridgehead atoms. The second-order valence-electron chi connectivity index (χ2n) is 4.25.